The van der Waals surface area contributed by atoms with Crippen LogP contribution >= 0.6 is 0 Å². The maximum atomic E-state index is 12.6. The highest BCUT2D eigenvalue weighted by atomic mass is 16.2. The van der Waals surface area contributed by atoms with Crippen LogP contribution in [0.25, 0.3) is 46.1 Å². The lowest BCUT2D eigenvalue weighted by Crippen LogP contribution is -2.17. The molecule has 117 heavy (non-hydrogen) atoms. The largest absolute Gasteiger partial charge is 0.370 e. The van der Waals surface area contributed by atoms with Gasteiger partial charge < -0.3 is 20.9 Å². The van der Waals surface area contributed by atoms with Gasteiger partial charge in [-0.05, 0) is 167 Å². The first-order valence-corrected chi connectivity index (χ1v) is 36.7. The zero-order valence-corrected chi connectivity index (χ0v) is 64.7. The lowest BCUT2D eigenvalue weighted by Gasteiger charge is -2.18. The SMILES string of the molecule is Cc1nc(NC(=O)c2ccc(N(C)c3ccccc3)nc2)nc(-c2ccccn2)n1.Cc1nc(NC(=O)c2ccc(NC(C)c3ccccc3)nc2)nc(-c2ccccn2)n1.Cc1nc(NC(=O)c2ccc(NCC(C)C)nc2)nc(-c2ccccn2)n1.Cc1nc(NC(=O)c2ccc(Nc3ccccc3)nc2)nc(-c2ccccn2)n1. The highest BCUT2D eigenvalue weighted by Gasteiger charge is 2.19. The maximum absolute atomic E-state index is 12.6. The van der Waals surface area contributed by atoms with Gasteiger partial charge in [0.15, 0.2) is 23.3 Å². The monoisotopic (exact) mass is 1550 g/mol. The number of carbonyl (C=O) groups excluding carboxylic acids is 4. The molecule has 1 atom stereocenters. The van der Waals surface area contributed by atoms with Gasteiger partial charge in [-0.2, -0.15) is 39.9 Å². The molecule has 4 amide bonds. The second-order valence-corrected chi connectivity index (χ2v) is 25.9. The molecule has 0 aliphatic heterocycles. The van der Waals surface area contributed by atoms with Gasteiger partial charge in [-0.25, -0.2) is 39.9 Å². The van der Waals surface area contributed by atoms with E-state index >= 15 is 0 Å². The average molecular weight is 1560 g/mol. The van der Waals surface area contributed by atoms with Crippen molar-refractivity contribution in [3.63, 3.8) is 0 Å². The lowest BCUT2D eigenvalue weighted by atomic mass is 10.1. The Labute approximate surface area is 672 Å². The summed E-state index contributed by atoms with van der Waals surface area (Å²) >= 11 is 0. The van der Waals surface area contributed by atoms with E-state index in [1.54, 1.807) is 125 Å². The molecule has 15 aromatic rings. The Hall–Kier alpha value is -16.0. The van der Waals surface area contributed by atoms with Gasteiger partial charge in [0.25, 0.3) is 23.6 Å². The summed E-state index contributed by atoms with van der Waals surface area (Å²) in [5.74, 6) is 6.10. The highest BCUT2D eigenvalue weighted by molar-refractivity contribution is 6.05. The minimum Gasteiger partial charge on any atom is -0.370 e. The smallest absolute Gasteiger partial charge is 0.259 e. The van der Waals surface area contributed by atoms with Gasteiger partial charge in [0.05, 0.1) is 22.3 Å². The van der Waals surface area contributed by atoms with Crippen LogP contribution in [0.5, 0.6) is 0 Å². The third kappa shape index (κ3) is 23.8. The minimum atomic E-state index is -0.360. The van der Waals surface area contributed by atoms with Crippen LogP contribution in [0, 0.1) is 33.6 Å². The number of para-hydroxylation sites is 2. The second-order valence-electron chi connectivity index (χ2n) is 25.9. The van der Waals surface area contributed by atoms with Crippen LogP contribution in [0.1, 0.15) is 97.1 Å². The van der Waals surface area contributed by atoms with E-state index in [2.05, 4.69) is 170 Å². The Morgan fingerprint density at radius 2 is 0.667 bits per heavy atom. The van der Waals surface area contributed by atoms with Crippen molar-refractivity contribution in [2.24, 2.45) is 5.92 Å². The van der Waals surface area contributed by atoms with Crippen molar-refractivity contribution in [2.45, 2.75) is 54.5 Å². The topological polar surface area (TPSA) is 414 Å². The normalized spacial score (nSPS) is 10.8. The number of amides is 4. The predicted molar refractivity (Wildman–Crippen MR) is 446 cm³/mol. The number of carbonyl (C=O) groups is 4. The van der Waals surface area contributed by atoms with Crippen LogP contribution in [0.4, 0.5) is 58.4 Å². The fraction of sp³-hybridized carbons (Fsp3) is 0.129. The molecule has 0 spiro atoms. The number of benzene rings is 3. The zero-order chi connectivity index (χ0) is 81.8. The van der Waals surface area contributed by atoms with Gasteiger partial charge in [0.1, 0.15) is 69.3 Å². The molecule has 0 aliphatic carbocycles. The Balaban J connectivity index is 0.000000144. The van der Waals surface area contributed by atoms with E-state index < -0.39 is 0 Å². The van der Waals surface area contributed by atoms with Crippen LogP contribution in [0.3, 0.4) is 0 Å². The van der Waals surface area contributed by atoms with Crippen LogP contribution in [0.15, 0.2) is 262 Å². The van der Waals surface area contributed by atoms with Crippen molar-refractivity contribution in [1.29, 1.82) is 0 Å². The molecule has 0 bridgehead atoms. The highest BCUT2D eigenvalue weighted by Crippen LogP contribution is 2.25. The van der Waals surface area contributed by atoms with Crippen LogP contribution < -0.4 is 42.1 Å². The molecular weight excluding hydrogens is 1480 g/mol. The summed E-state index contributed by atoms with van der Waals surface area (Å²) < 4.78 is 0. The quantitative estimate of drug-likeness (QED) is 0.0331. The number of pyridine rings is 8. The number of anilines is 10. The third-order valence-electron chi connectivity index (χ3n) is 16.4. The molecule has 0 saturated heterocycles. The number of hydrogen-bond donors (Lipinski definition) is 7. The van der Waals surface area contributed by atoms with E-state index in [9.17, 15) is 19.2 Å². The minimum absolute atomic E-state index is 0.0894. The summed E-state index contributed by atoms with van der Waals surface area (Å²) in [4.78, 5) is 138. The molecule has 0 fully saturated rings. The standard InChI is InChI=1S/C23H21N7O.C22H19N7O.C21H17N7O.C19H21N7O/c1-15(17-8-4-3-5-9-17)26-20-12-11-18(14-25-20)22(31)30-23-28-16(2)27-21(29-23)19-10-6-7-13-24-19;1-15-25-20(18-10-6-7-13-23-18)27-22(26-15)28-21(30)16-11-12-19(24-14-16)29(2)17-8-4-3-5-9-17;1-14-24-19(17-9-5-6-12-22-17)27-21(25-14)28-20(29)15-10-11-18(23-13-15)26-16-7-3-2-4-8-16;1-12(2)10-21-16-8-7-14(11-22-16)18(27)26-19-24-13(3)23-17(25-19)15-6-4-5-9-20-15/h3-15H,1-2H3,(H,25,26)(H,27,28,29,30,31);3-14H,1-2H3,(H,25,26,27,28,30);2-13H,1H3,(H,23,26)(H,24,25,27,28,29);4-9,11-12H,10H2,1-3H3,(H,21,22)(H,23,24,25,26,27). The molecule has 0 saturated carbocycles. The molecule has 3 aromatic carbocycles. The molecule has 12 heterocycles. The van der Waals surface area contributed by atoms with Crippen molar-refractivity contribution < 1.29 is 19.2 Å². The van der Waals surface area contributed by atoms with Crippen molar-refractivity contribution >= 4 is 82.1 Å². The summed E-state index contributed by atoms with van der Waals surface area (Å²) in [6, 6.07) is 65.4. The molecule has 0 aliphatic rings. The molecule has 1 unspecified atom stereocenters. The molecule has 32 heteroatoms. The number of hydrogen-bond acceptors (Lipinski definition) is 28. The van der Waals surface area contributed by atoms with Crippen LogP contribution in [0.2, 0.25) is 0 Å². The van der Waals surface area contributed by atoms with E-state index in [1.165, 1.54) is 24.8 Å². The molecule has 582 valence electrons. The first-order valence-electron chi connectivity index (χ1n) is 36.7. The number of aryl methyl sites for hydroxylation is 4. The summed E-state index contributed by atoms with van der Waals surface area (Å²) in [5.41, 5.74) is 7.11. The Morgan fingerprint density at radius 1 is 0.333 bits per heavy atom. The zero-order valence-electron chi connectivity index (χ0n) is 64.7. The fourth-order valence-corrected chi connectivity index (χ4v) is 10.7. The number of rotatable bonds is 22. The third-order valence-corrected chi connectivity index (χ3v) is 16.4. The van der Waals surface area contributed by atoms with Crippen molar-refractivity contribution in [2.75, 3.05) is 55.7 Å². The van der Waals surface area contributed by atoms with E-state index in [1.807, 2.05) is 139 Å². The van der Waals surface area contributed by atoms with Crippen molar-refractivity contribution in [3.8, 4) is 46.1 Å². The fourth-order valence-electron chi connectivity index (χ4n) is 10.7. The predicted octanol–water partition coefficient (Wildman–Crippen LogP) is 14.3. The van der Waals surface area contributed by atoms with E-state index in [0.29, 0.717) is 109 Å². The summed E-state index contributed by atoms with van der Waals surface area (Å²) in [6.45, 7) is 14.0. The van der Waals surface area contributed by atoms with E-state index in [0.717, 1.165) is 35.1 Å². The Morgan fingerprint density at radius 3 is 1.00 bits per heavy atom. The van der Waals surface area contributed by atoms with E-state index in [4.69, 9.17) is 0 Å². The van der Waals surface area contributed by atoms with Gasteiger partial charge in [0, 0.05) is 80.6 Å². The van der Waals surface area contributed by atoms with Crippen LogP contribution in [-0.2, 0) is 0 Å². The second kappa shape index (κ2) is 39.7. The molecule has 15 rings (SSSR count). The molecule has 7 N–H and O–H groups in total. The van der Waals surface area contributed by atoms with Crippen LogP contribution in [-0.4, -0.2) is 137 Å². The number of nitrogens with one attached hydrogen (secondary N) is 7. The van der Waals surface area contributed by atoms with Gasteiger partial charge in [-0.15, -0.1) is 0 Å². The van der Waals surface area contributed by atoms with Crippen molar-refractivity contribution in [1.82, 2.24) is 99.7 Å². The number of nitrogens with zero attached hydrogens (tertiary/aromatic N) is 21. The first-order chi connectivity index (χ1) is 56.9. The summed E-state index contributed by atoms with van der Waals surface area (Å²) in [7, 11) is 1.92. The molecular formula is C85H78N28O4. The van der Waals surface area contributed by atoms with Crippen molar-refractivity contribution in [3.05, 3.63) is 313 Å². The lowest BCUT2D eigenvalue weighted by molar-refractivity contribution is 0.101. The summed E-state index contributed by atoms with van der Waals surface area (Å²) in [5, 5.41) is 20.5. The van der Waals surface area contributed by atoms with Gasteiger partial charge in [0.2, 0.25) is 23.8 Å². The number of aromatic nitrogens is 20. The molecule has 32 nitrogen and oxygen atoms in total. The maximum Gasteiger partial charge on any atom is 0.259 e. The molecule has 0 radical (unpaired) electrons. The van der Waals surface area contributed by atoms with Gasteiger partial charge >= 0.3 is 0 Å². The Bertz CT molecular complexity index is 5770. The Kier molecular flexibility index (Phi) is 27.3. The van der Waals surface area contributed by atoms with Gasteiger partial charge in [-0.3, -0.25) is 60.4 Å². The first kappa shape index (κ1) is 80.5. The van der Waals surface area contributed by atoms with E-state index in [-0.39, 0.29) is 53.5 Å². The van der Waals surface area contributed by atoms with Gasteiger partial charge in [-0.1, -0.05) is 105 Å². The molecule has 12 aromatic heterocycles. The summed E-state index contributed by atoms with van der Waals surface area (Å²) in [6.07, 6.45) is 12.7. The average Bonchev–Trinajstić information content (AvgIpc) is 0.846.